The first kappa shape index (κ1) is 7.54. The zero-order valence-electron chi connectivity index (χ0n) is 6.01. The molecule has 11 heavy (non-hydrogen) atoms. The van der Waals surface area contributed by atoms with Crippen molar-refractivity contribution < 1.29 is 5.21 Å². The molecule has 0 atom stereocenters. The van der Waals surface area contributed by atoms with Crippen molar-refractivity contribution in [1.82, 2.24) is 0 Å². The summed E-state index contributed by atoms with van der Waals surface area (Å²) >= 11 is 0. The van der Waals surface area contributed by atoms with Gasteiger partial charge in [0.15, 0.2) is 0 Å². The van der Waals surface area contributed by atoms with Crippen LogP contribution in [0.3, 0.4) is 0 Å². The summed E-state index contributed by atoms with van der Waals surface area (Å²) in [5, 5.41) is 10.9. The summed E-state index contributed by atoms with van der Waals surface area (Å²) in [6.07, 6.45) is 4.86. The van der Waals surface area contributed by atoms with E-state index in [1.165, 1.54) is 6.21 Å². The van der Waals surface area contributed by atoms with Crippen LogP contribution in [0.5, 0.6) is 0 Å². The van der Waals surface area contributed by atoms with E-state index in [1.807, 2.05) is 36.4 Å². The van der Waals surface area contributed by atoms with Gasteiger partial charge in [-0.2, -0.15) is 0 Å². The van der Waals surface area contributed by atoms with Gasteiger partial charge in [0.2, 0.25) is 0 Å². The zero-order chi connectivity index (χ0) is 7.94. The minimum atomic E-state index is 1.09. The molecule has 0 aromatic heterocycles. The average molecular weight is 147 g/mol. The van der Waals surface area contributed by atoms with Gasteiger partial charge in [0.25, 0.3) is 0 Å². The van der Waals surface area contributed by atoms with E-state index in [4.69, 9.17) is 5.21 Å². The lowest BCUT2D eigenvalue weighted by atomic mass is 10.2. The number of hydrogen-bond donors (Lipinski definition) is 1. The van der Waals surface area contributed by atoms with E-state index in [2.05, 4.69) is 5.16 Å². The maximum absolute atomic E-state index is 8.06. The van der Waals surface area contributed by atoms with Gasteiger partial charge in [0.05, 0.1) is 6.21 Å². The SMILES string of the molecule is ON=C/C=C/c1ccccc1. The van der Waals surface area contributed by atoms with Crippen molar-refractivity contribution in [3.8, 4) is 0 Å². The zero-order valence-corrected chi connectivity index (χ0v) is 6.01. The second-order valence-corrected chi connectivity index (χ2v) is 2.03. The number of oxime groups is 1. The first-order valence-corrected chi connectivity index (χ1v) is 3.32. The molecule has 0 bridgehead atoms. The lowest BCUT2D eigenvalue weighted by molar-refractivity contribution is 0.322. The van der Waals surface area contributed by atoms with Crippen molar-refractivity contribution in [3.63, 3.8) is 0 Å². The van der Waals surface area contributed by atoms with Crippen LogP contribution in [-0.2, 0) is 0 Å². The third-order valence-electron chi connectivity index (χ3n) is 1.24. The molecule has 2 nitrogen and oxygen atoms in total. The van der Waals surface area contributed by atoms with Crippen LogP contribution in [0.25, 0.3) is 6.08 Å². The van der Waals surface area contributed by atoms with Crippen LogP contribution < -0.4 is 0 Å². The maximum Gasteiger partial charge on any atom is 0.0661 e. The van der Waals surface area contributed by atoms with E-state index in [9.17, 15) is 0 Å². The number of benzene rings is 1. The van der Waals surface area contributed by atoms with Gasteiger partial charge in [-0.25, -0.2) is 0 Å². The van der Waals surface area contributed by atoms with Crippen LogP contribution in [0.2, 0.25) is 0 Å². The van der Waals surface area contributed by atoms with Crippen molar-refractivity contribution >= 4 is 12.3 Å². The molecule has 1 aromatic carbocycles. The standard InChI is InChI=1S/C9H9NO/c11-10-8-4-7-9-5-2-1-3-6-9/h1-8,11H/b7-4+,10-8?. The van der Waals surface area contributed by atoms with Crippen molar-refractivity contribution in [1.29, 1.82) is 0 Å². The van der Waals surface area contributed by atoms with Gasteiger partial charge in [-0.3, -0.25) is 0 Å². The van der Waals surface area contributed by atoms with Crippen LogP contribution in [-0.4, -0.2) is 11.4 Å². The lowest BCUT2D eigenvalue weighted by Crippen LogP contribution is -1.68. The molecule has 0 radical (unpaired) electrons. The molecule has 0 spiro atoms. The van der Waals surface area contributed by atoms with Crippen molar-refractivity contribution in [2.45, 2.75) is 0 Å². The Bertz CT molecular complexity index is 252. The molecule has 0 unspecified atom stereocenters. The highest BCUT2D eigenvalue weighted by atomic mass is 16.4. The van der Waals surface area contributed by atoms with Crippen LogP contribution in [0, 0.1) is 0 Å². The summed E-state index contributed by atoms with van der Waals surface area (Å²) in [4.78, 5) is 0. The number of rotatable bonds is 2. The Morgan fingerprint density at radius 2 is 1.91 bits per heavy atom. The fourth-order valence-corrected chi connectivity index (χ4v) is 0.757. The Balaban J connectivity index is 2.64. The van der Waals surface area contributed by atoms with Crippen molar-refractivity contribution in [3.05, 3.63) is 42.0 Å². The van der Waals surface area contributed by atoms with Gasteiger partial charge < -0.3 is 5.21 Å². The molecule has 0 aliphatic heterocycles. The normalized spacial score (nSPS) is 11.3. The van der Waals surface area contributed by atoms with Gasteiger partial charge in [0.1, 0.15) is 0 Å². The molecule has 0 saturated heterocycles. The third kappa shape index (κ3) is 2.67. The summed E-state index contributed by atoms with van der Waals surface area (Å²) in [6.45, 7) is 0. The minimum absolute atomic E-state index is 1.09. The van der Waals surface area contributed by atoms with Gasteiger partial charge in [-0.1, -0.05) is 41.6 Å². The topological polar surface area (TPSA) is 32.6 Å². The lowest BCUT2D eigenvalue weighted by Gasteiger charge is -1.87. The van der Waals surface area contributed by atoms with Crippen LogP contribution in [0.15, 0.2) is 41.6 Å². The summed E-state index contributed by atoms with van der Waals surface area (Å²) in [7, 11) is 0. The first-order chi connectivity index (χ1) is 5.43. The summed E-state index contributed by atoms with van der Waals surface area (Å²) < 4.78 is 0. The molecular formula is C9H9NO. The van der Waals surface area contributed by atoms with E-state index in [0.29, 0.717) is 0 Å². The predicted molar refractivity (Wildman–Crippen MR) is 45.8 cm³/mol. The van der Waals surface area contributed by atoms with Crippen molar-refractivity contribution in [2.24, 2.45) is 5.16 Å². The maximum atomic E-state index is 8.06. The molecule has 0 fully saturated rings. The Kier molecular flexibility index (Phi) is 2.93. The molecular weight excluding hydrogens is 138 g/mol. The summed E-state index contributed by atoms with van der Waals surface area (Å²) in [6, 6.07) is 9.81. The largest absolute Gasteiger partial charge is 0.411 e. The average Bonchev–Trinajstić information content (AvgIpc) is 2.07. The molecule has 1 rings (SSSR count). The Morgan fingerprint density at radius 3 is 2.55 bits per heavy atom. The predicted octanol–water partition coefficient (Wildman–Crippen LogP) is 2.16. The molecule has 1 aromatic rings. The number of hydrogen-bond acceptors (Lipinski definition) is 2. The minimum Gasteiger partial charge on any atom is -0.411 e. The van der Waals surface area contributed by atoms with Crippen molar-refractivity contribution in [2.75, 3.05) is 0 Å². The Labute approximate surface area is 65.5 Å². The molecule has 0 heterocycles. The molecule has 1 N–H and O–H groups in total. The van der Waals surface area contributed by atoms with E-state index < -0.39 is 0 Å². The highest BCUT2D eigenvalue weighted by Crippen LogP contribution is 1.99. The summed E-state index contributed by atoms with van der Waals surface area (Å²) in [5.41, 5.74) is 1.09. The quantitative estimate of drug-likeness (QED) is 0.388. The second kappa shape index (κ2) is 4.28. The van der Waals surface area contributed by atoms with Crippen LogP contribution in [0.1, 0.15) is 5.56 Å². The molecule has 0 saturated carbocycles. The van der Waals surface area contributed by atoms with Crippen LogP contribution >= 0.6 is 0 Å². The highest BCUT2D eigenvalue weighted by Gasteiger charge is 1.79. The van der Waals surface area contributed by atoms with Gasteiger partial charge in [-0.15, -0.1) is 0 Å². The number of allylic oxidation sites excluding steroid dienone is 1. The fraction of sp³-hybridized carbons (Fsp3) is 0. The van der Waals surface area contributed by atoms with Gasteiger partial charge in [-0.05, 0) is 11.6 Å². The third-order valence-corrected chi connectivity index (χ3v) is 1.24. The molecule has 2 heteroatoms. The van der Waals surface area contributed by atoms with Gasteiger partial charge >= 0.3 is 0 Å². The second-order valence-electron chi connectivity index (χ2n) is 2.03. The molecule has 0 amide bonds. The monoisotopic (exact) mass is 147 g/mol. The molecule has 56 valence electrons. The van der Waals surface area contributed by atoms with E-state index in [1.54, 1.807) is 6.08 Å². The summed E-state index contributed by atoms with van der Waals surface area (Å²) in [5.74, 6) is 0. The highest BCUT2D eigenvalue weighted by molar-refractivity contribution is 5.77. The Morgan fingerprint density at radius 1 is 1.18 bits per heavy atom. The van der Waals surface area contributed by atoms with E-state index in [-0.39, 0.29) is 0 Å². The molecule has 0 aliphatic carbocycles. The number of nitrogens with zero attached hydrogens (tertiary/aromatic N) is 1. The first-order valence-electron chi connectivity index (χ1n) is 3.32. The van der Waals surface area contributed by atoms with E-state index in [0.717, 1.165) is 5.56 Å². The van der Waals surface area contributed by atoms with Gasteiger partial charge in [0, 0.05) is 0 Å². The smallest absolute Gasteiger partial charge is 0.0661 e. The van der Waals surface area contributed by atoms with Crippen LogP contribution in [0.4, 0.5) is 0 Å². The molecule has 0 aliphatic rings. The van der Waals surface area contributed by atoms with E-state index >= 15 is 0 Å². The fourth-order valence-electron chi connectivity index (χ4n) is 0.757. The Hall–Kier alpha value is -1.57.